The standard InChI is InChI=1S/C16H27N5O2S2/c1-11(2)4-7-21-8-5-18-15(23)13(21)10-14(22)17-6-9-24-16-20-19-12(3)25-16/h11,13H,4-10H2,1-3H3,(H,17,22)(H,18,23)/t13-/m1/s1. The van der Waals surface area contributed by atoms with E-state index in [2.05, 4.69) is 39.6 Å². The molecule has 2 rings (SSSR count). The lowest BCUT2D eigenvalue weighted by atomic mass is 10.1. The van der Waals surface area contributed by atoms with Gasteiger partial charge in [-0.15, -0.1) is 10.2 Å². The molecule has 2 heterocycles. The van der Waals surface area contributed by atoms with Crippen LogP contribution in [0.15, 0.2) is 4.34 Å². The first-order valence-electron chi connectivity index (χ1n) is 8.67. The number of amides is 2. The van der Waals surface area contributed by atoms with Crippen molar-refractivity contribution < 1.29 is 9.59 Å². The van der Waals surface area contributed by atoms with E-state index in [0.717, 1.165) is 34.6 Å². The molecule has 2 amide bonds. The zero-order chi connectivity index (χ0) is 18.2. The van der Waals surface area contributed by atoms with E-state index in [1.165, 1.54) is 0 Å². The summed E-state index contributed by atoms with van der Waals surface area (Å²) < 4.78 is 0.915. The molecule has 1 atom stereocenters. The van der Waals surface area contributed by atoms with E-state index in [1.807, 2.05) is 6.92 Å². The van der Waals surface area contributed by atoms with E-state index >= 15 is 0 Å². The molecule has 0 unspecified atom stereocenters. The van der Waals surface area contributed by atoms with Crippen molar-refractivity contribution in [2.24, 2.45) is 5.92 Å². The molecule has 2 N–H and O–H groups in total. The largest absolute Gasteiger partial charge is 0.355 e. The number of aryl methyl sites for hydroxylation is 1. The molecule has 0 radical (unpaired) electrons. The predicted octanol–water partition coefficient (Wildman–Crippen LogP) is 1.29. The van der Waals surface area contributed by atoms with Gasteiger partial charge in [0.25, 0.3) is 0 Å². The lowest BCUT2D eigenvalue weighted by molar-refractivity contribution is -0.134. The number of aromatic nitrogens is 2. The van der Waals surface area contributed by atoms with Crippen LogP contribution >= 0.6 is 23.1 Å². The molecule has 140 valence electrons. The van der Waals surface area contributed by atoms with Gasteiger partial charge in [0.15, 0.2) is 4.34 Å². The van der Waals surface area contributed by atoms with Gasteiger partial charge in [-0.3, -0.25) is 14.5 Å². The van der Waals surface area contributed by atoms with Gasteiger partial charge in [0, 0.05) is 25.4 Å². The summed E-state index contributed by atoms with van der Waals surface area (Å²) in [4.78, 5) is 26.5. The molecule has 1 aromatic heterocycles. The number of carbonyl (C=O) groups excluding carboxylic acids is 2. The van der Waals surface area contributed by atoms with Gasteiger partial charge in [-0.2, -0.15) is 0 Å². The van der Waals surface area contributed by atoms with Crippen molar-refractivity contribution in [1.29, 1.82) is 0 Å². The number of nitrogens with one attached hydrogen (secondary N) is 2. The zero-order valence-electron chi connectivity index (χ0n) is 15.1. The monoisotopic (exact) mass is 385 g/mol. The van der Waals surface area contributed by atoms with Gasteiger partial charge in [-0.25, -0.2) is 0 Å². The summed E-state index contributed by atoms with van der Waals surface area (Å²) in [6.07, 6.45) is 1.25. The summed E-state index contributed by atoms with van der Waals surface area (Å²) >= 11 is 3.13. The van der Waals surface area contributed by atoms with Crippen LogP contribution in [0.2, 0.25) is 0 Å². The summed E-state index contributed by atoms with van der Waals surface area (Å²) in [5.41, 5.74) is 0. The second kappa shape index (κ2) is 10.1. The first-order chi connectivity index (χ1) is 12.0. The highest BCUT2D eigenvalue weighted by atomic mass is 32.2. The molecule has 0 spiro atoms. The highest BCUT2D eigenvalue weighted by Gasteiger charge is 2.31. The SMILES string of the molecule is Cc1nnc(SCCNC(=O)C[C@@H]2C(=O)NCCN2CCC(C)C)s1. The van der Waals surface area contributed by atoms with E-state index in [1.54, 1.807) is 23.1 Å². The van der Waals surface area contributed by atoms with Crippen molar-refractivity contribution in [3.63, 3.8) is 0 Å². The third-order valence-electron chi connectivity index (χ3n) is 3.97. The van der Waals surface area contributed by atoms with Gasteiger partial charge >= 0.3 is 0 Å². The molecule has 0 aliphatic carbocycles. The molecule has 9 heteroatoms. The molecule has 1 fully saturated rings. The molecular weight excluding hydrogens is 358 g/mol. The Labute approximate surface area is 157 Å². The zero-order valence-corrected chi connectivity index (χ0v) is 16.7. The number of piperazine rings is 1. The Kier molecular flexibility index (Phi) is 8.11. The molecule has 0 saturated carbocycles. The average molecular weight is 386 g/mol. The van der Waals surface area contributed by atoms with Gasteiger partial charge in [0.05, 0.1) is 12.5 Å². The van der Waals surface area contributed by atoms with Crippen LogP contribution in [0.1, 0.15) is 31.7 Å². The summed E-state index contributed by atoms with van der Waals surface area (Å²) in [5.74, 6) is 1.21. The van der Waals surface area contributed by atoms with Crippen molar-refractivity contribution in [2.75, 3.05) is 31.9 Å². The molecule has 1 aliphatic heterocycles. The molecule has 25 heavy (non-hydrogen) atoms. The Morgan fingerprint density at radius 3 is 2.96 bits per heavy atom. The van der Waals surface area contributed by atoms with Crippen LogP contribution in [0.25, 0.3) is 0 Å². The van der Waals surface area contributed by atoms with Crippen LogP contribution in [0.3, 0.4) is 0 Å². The molecule has 1 aromatic rings. The molecule has 0 bridgehead atoms. The Morgan fingerprint density at radius 1 is 1.48 bits per heavy atom. The first kappa shape index (κ1) is 20.1. The van der Waals surface area contributed by atoms with Crippen molar-refractivity contribution in [1.82, 2.24) is 25.7 Å². The van der Waals surface area contributed by atoms with Crippen LogP contribution in [0, 0.1) is 12.8 Å². The number of hydrogen-bond acceptors (Lipinski definition) is 7. The molecular formula is C16H27N5O2S2. The van der Waals surface area contributed by atoms with Gasteiger partial charge in [0.1, 0.15) is 5.01 Å². The maximum absolute atomic E-state index is 12.2. The van der Waals surface area contributed by atoms with Crippen LogP contribution in [-0.4, -0.2) is 64.9 Å². The lowest BCUT2D eigenvalue weighted by Gasteiger charge is -2.35. The summed E-state index contributed by atoms with van der Waals surface area (Å²) in [6.45, 7) is 9.14. The van der Waals surface area contributed by atoms with Crippen LogP contribution in [0.5, 0.6) is 0 Å². The maximum Gasteiger partial charge on any atom is 0.237 e. The second-order valence-electron chi connectivity index (χ2n) is 6.51. The van der Waals surface area contributed by atoms with Crippen LogP contribution in [0.4, 0.5) is 0 Å². The van der Waals surface area contributed by atoms with Gasteiger partial charge in [0.2, 0.25) is 11.8 Å². The highest BCUT2D eigenvalue weighted by Crippen LogP contribution is 2.21. The third-order valence-corrected chi connectivity index (χ3v) is 5.95. The number of carbonyl (C=O) groups is 2. The Morgan fingerprint density at radius 2 is 2.28 bits per heavy atom. The van der Waals surface area contributed by atoms with Gasteiger partial charge < -0.3 is 10.6 Å². The number of rotatable bonds is 9. The Bertz CT molecular complexity index is 579. The van der Waals surface area contributed by atoms with Crippen molar-refractivity contribution in [3.05, 3.63) is 5.01 Å². The first-order valence-corrected chi connectivity index (χ1v) is 10.5. The fourth-order valence-corrected chi connectivity index (χ4v) is 4.33. The number of nitrogens with zero attached hydrogens (tertiary/aromatic N) is 3. The average Bonchev–Trinajstić information content (AvgIpc) is 2.97. The van der Waals surface area contributed by atoms with E-state index in [0.29, 0.717) is 19.0 Å². The minimum absolute atomic E-state index is 0.0381. The summed E-state index contributed by atoms with van der Waals surface area (Å²) in [5, 5.41) is 14.7. The van der Waals surface area contributed by atoms with E-state index in [4.69, 9.17) is 0 Å². The van der Waals surface area contributed by atoms with Crippen molar-refractivity contribution >= 4 is 34.9 Å². The molecule has 7 nitrogen and oxygen atoms in total. The Hall–Kier alpha value is -1.19. The van der Waals surface area contributed by atoms with Crippen molar-refractivity contribution in [2.45, 2.75) is 44.0 Å². The van der Waals surface area contributed by atoms with Gasteiger partial charge in [-0.1, -0.05) is 36.9 Å². The summed E-state index contributed by atoms with van der Waals surface area (Å²) in [6, 6.07) is -0.356. The summed E-state index contributed by atoms with van der Waals surface area (Å²) in [7, 11) is 0. The molecule has 1 aliphatic rings. The van der Waals surface area contributed by atoms with Crippen LogP contribution in [-0.2, 0) is 9.59 Å². The topological polar surface area (TPSA) is 87.2 Å². The van der Waals surface area contributed by atoms with E-state index in [9.17, 15) is 9.59 Å². The lowest BCUT2D eigenvalue weighted by Crippen LogP contribution is -2.56. The fraction of sp³-hybridized carbons (Fsp3) is 0.750. The van der Waals surface area contributed by atoms with Crippen molar-refractivity contribution in [3.8, 4) is 0 Å². The predicted molar refractivity (Wildman–Crippen MR) is 101 cm³/mol. The van der Waals surface area contributed by atoms with E-state index < -0.39 is 0 Å². The molecule has 1 saturated heterocycles. The Balaban J connectivity index is 1.73. The molecule has 0 aromatic carbocycles. The van der Waals surface area contributed by atoms with E-state index in [-0.39, 0.29) is 24.3 Å². The number of hydrogen-bond donors (Lipinski definition) is 2. The minimum Gasteiger partial charge on any atom is -0.355 e. The number of thioether (sulfide) groups is 1. The second-order valence-corrected chi connectivity index (χ2v) is 9.04. The van der Waals surface area contributed by atoms with Crippen LogP contribution < -0.4 is 10.6 Å². The highest BCUT2D eigenvalue weighted by molar-refractivity contribution is 8.01. The third kappa shape index (κ3) is 6.91. The maximum atomic E-state index is 12.2. The smallest absolute Gasteiger partial charge is 0.237 e. The minimum atomic E-state index is -0.356. The van der Waals surface area contributed by atoms with Gasteiger partial charge in [-0.05, 0) is 25.8 Å². The quantitative estimate of drug-likeness (QED) is 0.492. The fourth-order valence-electron chi connectivity index (χ4n) is 2.59. The normalized spacial score (nSPS) is 18.4.